The van der Waals surface area contributed by atoms with Crippen molar-refractivity contribution >= 4 is 34.9 Å². The molecule has 0 saturated carbocycles. The number of carbonyl (C=O) groups excluding carboxylic acids is 2. The molecule has 0 spiro atoms. The van der Waals surface area contributed by atoms with Crippen molar-refractivity contribution in [2.75, 3.05) is 26.6 Å². The molecular formula is C18H18N2O5S. The highest BCUT2D eigenvalue weighted by molar-refractivity contribution is 7.80. The first-order chi connectivity index (χ1) is 12.5. The van der Waals surface area contributed by atoms with E-state index >= 15 is 0 Å². The molecular weight excluding hydrogens is 356 g/mol. The lowest BCUT2D eigenvalue weighted by molar-refractivity contribution is 0.0600. The predicted molar refractivity (Wildman–Crippen MR) is 101 cm³/mol. The molecule has 0 saturated heterocycles. The SMILES string of the molecule is COC(=O)c1ccc(C(=O)NC(=S)Nc2ccc(OC)c(OC)c2)cc1. The maximum atomic E-state index is 12.2. The van der Waals surface area contributed by atoms with Gasteiger partial charge >= 0.3 is 5.97 Å². The van der Waals surface area contributed by atoms with Crippen molar-refractivity contribution in [1.29, 1.82) is 0 Å². The smallest absolute Gasteiger partial charge is 0.337 e. The Balaban J connectivity index is 2.01. The number of hydrogen-bond acceptors (Lipinski definition) is 6. The summed E-state index contributed by atoms with van der Waals surface area (Å²) in [4.78, 5) is 23.6. The third-order valence-electron chi connectivity index (χ3n) is 3.44. The summed E-state index contributed by atoms with van der Waals surface area (Å²) in [5, 5.41) is 5.59. The lowest BCUT2D eigenvalue weighted by atomic mass is 10.1. The standard InChI is InChI=1S/C18H18N2O5S/c1-23-14-9-8-13(10-15(14)24-2)19-18(26)20-16(21)11-4-6-12(7-5-11)17(22)25-3/h4-10H,1-3H3,(H2,19,20,21,26). The number of anilines is 1. The summed E-state index contributed by atoms with van der Waals surface area (Å²) < 4.78 is 15.0. The fraction of sp³-hybridized carbons (Fsp3) is 0.167. The number of amides is 1. The van der Waals surface area contributed by atoms with Gasteiger partial charge in [-0.15, -0.1) is 0 Å². The molecule has 136 valence electrons. The van der Waals surface area contributed by atoms with Crippen LogP contribution in [0.5, 0.6) is 11.5 Å². The number of ether oxygens (including phenoxy) is 3. The third-order valence-corrected chi connectivity index (χ3v) is 3.64. The number of hydrogen-bond donors (Lipinski definition) is 2. The maximum Gasteiger partial charge on any atom is 0.337 e. The molecule has 2 aromatic carbocycles. The first-order valence-electron chi connectivity index (χ1n) is 7.51. The number of carbonyl (C=O) groups is 2. The Morgan fingerprint density at radius 3 is 2.08 bits per heavy atom. The van der Waals surface area contributed by atoms with Gasteiger partial charge in [0, 0.05) is 17.3 Å². The van der Waals surface area contributed by atoms with E-state index in [9.17, 15) is 9.59 Å². The van der Waals surface area contributed by atoms with E-state index < -0.39 is 11.9 Å². The Hall–Kier alpha value is -3.13. The molecule has 2 aromatic rings. The zero-order valence-electron chi connectivity index (χ0n) is 14.5. The molecule has 0 radical (unpaired) electrons. The Morgan fingerprint density at radius 1 is 0.885 bits per heavy atom. The summed E-state index contributed by atoms with van der Waals surface area (Å²) in [5.41, 5.74) is 1.35. The first kappa shape index (κ1) is 19.2. The van der Waals surface area contributed by atoms with Gasteiger partial charge in [0.2, 0.25) is 0 Å². The van der Waals surface area contributed by atoms with E-state index in [1.165, 1.54) is 38.5 Å². The van der Waals surface area contributed by atoms with Crippen LogP contribution in [-0.4, -0.2) is 38.3 Å². The van der Waals surface area contributed by atoms with E-state index in [1.807, 2.05) is 0 Å². The molecule has 0 aliphatic heterocycles. The van der Waals surface area contributed by atoms with Gasteiger partial charge in [-0.1, -0.05) is 0 Å². The van der Waals surface area contributed by atoms with Gasteiger partial charge in [-0.3, -0.25) is 10.1 Å². The van der Waals surface area contributed by atoms with Gasteiger partial charge in [0.1, 0.15) is 0 Å². The molecule has 2 rings (SSSR count). The second-order valence-electron chi connectivity index (χ2n) is 5.05. The molecule has 0 fully saturated rings. The zero-order valence-corrected chi connectivity index (χ0v) is 15.3. The lowest BCUT2D eigenvalue weighted by Crippen LogP contribution is -2.34. The van der Waals surface area contributed by atoms with E-state index in [0.29, 0.717) is 28.3 Å². The Kier molecular flexibility index (Phi) is 6.51. The van der Waals surface area contributed by atoms with E-state index in [0.717, 1.165) is 0 Å². The summed E-state index contributed by atoms with van der Waals surface area (Å²) in [5.74, 6) is 0.241. The van der Waals surface area contributed by atoms with Crippen LogP contribution in [0.15, 0.2) is 42.5 Å². The molecule has 0 aliphatic carbocycles. The van der Waals surface area contributed by atoms with Crippen LogP contribution in [-0.2, 0) is 4.74 Å². The van der Waals surface area contributed by atoms with Crippen LogP contribution in [0.3, 0.4) is 0 Å². The zero-order chi connectivity index (χ0) is 19.1. The normalized spacial score (nSPS) is 9.81. The van der Waals surface area contributed by atoms with Gasteiger partial charge in [-0.05, 0) is 48.6 Å². The maximum absolute atomic E-state index is 12.2. The van der Waals surface area contributed by atoms with Crippen molar-refractivity contribution in [1.82, 2.24) is 5.32 Å². The van der Waals surface area contributed by atoms with Crippen LogP contribution in [0, 0.1) is 0 Å². The van der Waals surface area contributed by atoms with Crippen molar-refractivity contribution in [3.8, 4) is 11.5 Å². The minimum Gasteiger partial charge on any atom is -0.493 e. The van der Waals surface area contributed by atoms with Gasteiger partial charge < -0.3 is 19.5 Å². The molecule has 0 heterocycles. The van der Waals surface area contributed by atoms with Gasteiger partial charge in [0.05, 0.1) is 26.9 Å². The largest absolute Gasteiger partial charge is 0.493 e. The molecule has 0 unspecified atom stereocenters. The van der Waals surface area contributed by atoms with Crippen LogP contribution in [0.25, 0.3) is 0 Å². The summed E-state index contributed by atoms with van der Waals surface area (Å²) >= 11 is 5.15. The second kappa shape index (κ2) is 8.82. The van der Waals surface area contributed by atoms with Crippen LogP contribution in [0.1, 0.15) is 20.7 Å². The molecule has 26 heavy (non-hydrogen) atoms. The molecule has 7 nitrogen and oxygen atoms in total. The number of nitrogens with one attached hydrogen (secondary N) is 2. The third kappa shape index (κ3) is 4.70. The fourth-order valence-corrected chi connectivity index (χ4v) is 2.34. The highest BCUT2D eigenvalue weighted by Crippen LogP contribution is 2.29. The molecule has 0 aromatic heterocycles. The van der Waals surface area contributed by atoms with Gasteiger partial charge in [0.25, 0.3) is 5.91 Å². The first-order valence-corrected chi connectivity index (χ1v) is 7.92. The van der Waals surface area contributed by atoms with E-state index in [-0.39, 0.29) is 5.11 Å². The molecule has 8 heteroatoms. The number of methoxy groups -OCH3 is 3. The van der Waals surface area contributed by atoms with Crippen LogP contribution in [0.4, 0.5) is 5.69 Å². The van der Waals surface area contributed by atoms with Crippen LogP contribution < -0.4 is 20.1 Å². The van der Waals surface area contributed by atoms with Gasteiger partial charge in [-0.25, -0.2) is 4.79 Å². The molecule has 0 bridgehead atoms. The number of esters is 1. The number of rotatable bonds is 5. The average molecular weight is 374 g/mol. The molecule has 1 amide bonds. The van der Waals surface area contributed by atoms with Gasteiger partial charge in [-0.2, -0.15) is 0 Å². The van der Waals surface area contributed by atoms with Crippen molar-refractivity contribution in [2.45, 2.75) is 0 Å². The fourth-order valence-electron chi connectivity index (χ4n) is 2.13. The Labute approximate surface area is 156 Å². The predicted octanol–water partition coefficient (Wildman–Crippen LogP) is 2.62. The topological polar surface area (TPSA) is 85.9 Å². The van der Waals surface area contributed by atoms with Crippen molar-refractivity contribution in [3.63, 3.8) is 0 Å². The van der Waals surface area contributed by atoms with Crippen LogP contribution in [0.2, 0.25) is 0 Å². The highest BCUT2D eigenvalue weighted by atomic mass is 32.1. The number of benzene rings is 2. The van der Waals surface area contributed by atoms with E-state index in [1.54, 1.807) is 25.3 Å². The molecule has 2 N–H and O–H groups in total. The Morgan fingerprint density at radius 2 is 1.50 bits per heavy atom. The lowest BCUT2D eigenvalue weighted by Gasteiger charge is -2.12. The van der Waals surface area contributed by atoms with E-state index in [2.05, 4.69) is 15.4 Å². The highest BCUT2D eigenvalue weighted by Gasteiger charge is 2.11. The van der Waals surface area contributed by atoms with Crippen molar-refractivity contribution in [3.05, 3.63) is 53.6 Å². The average Bonchev–Trinajstić information content (AvgIpc) is 2.67. The summed E-state index contributed by atoms with van der Waals surface area (Å²) in [6.45, 7) is 0. The molecule has 0 atom stereocenters. The minimum absolute atomic E-state index is 0.124. The second-order valence-corrected chi connectivity index (χ2v) is 5.46. The number of thiocarbonyl (C=S) groups is 1. The quantitative estimate of drug-likeness (QED) is 0.615. The van der Waals surface area contributed by atoms with Crippen molar-refractivity contribution < 1.29 is 23.8 Å². The summed E-state index contributed by atoms with van der Waals surface area (Å²) in [6, 6.07) is 11.2. The van der Waals surface area contributed by atoms with E-state index in [4.69, 9.17) is 21.7 Å². The van der Waals surface area contributed by atoms with Gasteiger partial charge in [0.15, 0.2) is 16.6 Å². The monoisotopic (exact) mass is 374 g/mol. The molecule has 0 aliphatic rings. The Bertz CT molecular complexity index is 821. The minimum atomic E-state index is -0.470. The van der Waals surface area contributed by atoms with Crippen LogP contribution >= 0.6 is 12.2 Å². The summed E-state index contributed by atoms with van der Waals surface area (Å²) in [6.07, 6.45) is 0. The van der Waals surface area contributed by atoms with Crippen molar-refractivity contribution in [2.24, 2.45) is 0 Å². The summed E-state index contributed by atoms with van der Waals surface area (Å²) in [7, 11) is 4.36.